The molecule has 2 heterocycles. The maximum atomic E-state index is 14.6. The topological polar surface area (TPSA) is 54.7 Å². The maximum Gasteiger partial charge on any atom is 0.133 e. The lowest BCUT2D eigenvalue weighted by molar-refractivity contribution is 0.631. The number of benzene rings is 2. The molecule has 0 amide bonds. The average Bonchev–Trinajstić information content (AvgIpc) is 2.99. The van der Waals surface area contributed by atoms with Crippen LogP contribution in [-0.2, 0) is 0 Å². The molecule has 112 valence electrons. The number of halogens is 1. The maximum absolute atomic E-state index is 14.6. The van der Waals surface area contributed by atoms with Crippen LogP contribution in [0.2, 0.25) is 0 Å². The Balaban J connectivity index is 1.77. The number of pyridine rings is 1. The third kappa shape index (κ3) is 2.44. The number of hydrogen-bond acceptors (Lipinski definition) is 2. The Hall–Kier alpha value is -3.14. The highest BCUT2D eigenvalue weighted by molar-refractivity contribution is 5.85. The molecule has 0 aliphatic carbocycles. The summed E-state index contributed by atoms with van der Waals surface area (Å²) in [4.78, 5) is 7.27. The number of nitrogen functional groups attached to an aromatic ring is 1. The molecule has 2 aromatic heterocycles. The Morgan fingerprint density at radius 2 is 1.70 bits per heavy atom. The minimum Gasteiger partial charge on any atom is -0.399 e. The average molecular weight is 303 g/mol. The lowest BCUT2D eigenvalue weighted by Crippen LogP contribution is -1.88. The first kappa shape index (κ1) is 13.5. The van der Waals surface area contributed by atoms with Crippen molar-refractivity contribution in [2.45, 2.75) is 0 Å². The SMILES string of the molecule is Nc1ccc(-c2ccc(-c3cc4ccncc4[nH]3)c(F)c2)cc1. The highest BCUT2D eigenvalue weighted by atomic mass is 19.1. The zero-order chi connectivity index (χ0) is 15.8. The van der Waals surface area contributed by atoms with Gasteiger partial charge in [-0.1, -0.05) is 18.2 Å². The van der Waals surface area contributed by atoms with Crippen molar-refractivity contribution >= 4 is 16.6 Å². The highest BCUT2D eigenvalue weighted by Crippen LogP contribution is 2.29. The van der Waals surface area contributed by atoms with E-state index in [1.54, 1.807) is 24.5 Å². The van der Waals surface area contributed by atoms with E-state index in [0.717, 1.165) is 27.7 Å². The molecule has 0 fully saturated rings. The summed E-state index contributed by atoms with van der Waals surface area (Å²) < 4.78 is 14.6. The number of nitrogens with two attached hydrogens (primary N) is 1. The molecule has 0 saturated heterocycles. The number of fused-ring (bicyclic) bond motifs is 1. The summed E-state index contributed by atoms with van der Waals surface area (Å²) in [5.74, 6) is -0.265. The second kappa shape index (κ2) is 5.25. The van der Waals surface area contributed by atoms with Crippen LogP contribution in [0, 0.1) is 5.82 Å². The van der Waals surface area contributed by atoms with Crippen molar-refractivity contribution in [3.63, 3.8) is 0 Å². The smallest absolute Gasteiger partial charge is 0.133 e. The van der Waals surface area contributed by atoms with Crippen LogP contribution < -0.4 is 5.73 Å². The van der Waals surface area contributed by atoms with Gasteiger partial charge in [-0.05, 0) is 47.5 Å². The zero-order valence-corrected chi connectivity index (χ0v) is 12.3. The molecule has 2 aromatic carbocycles. The van der Waals surface area contributed by atoms with Crippen LogP contribution in [0.3, 0.4) is 0 Å². The summed E-state index contributed by atoms with van der Waals surface area (Å²) in [7, 11) is 0. The Labute approximate surface area is 132 Å². The summed E-state index contributed by atoms with van der Waals surface area (Å²) in [6.07, 6.45) is 3.46. The number of hydrogen-bond donors (Lipinski definition) is 2. The van der Waals surface area contributed by atoms with Crippen molar-refractivity contribution in [2.75, 3.05) is 5.73 Å². The fourth-order valence-corrected chi connectivity index (χ4v) is 2.71. The Kier molecular flexibility index (Phi) is 3.08. The molecule has 0 aliphatic heterocycles. The largest absolute Gasteiger partial charge is 0.399 e. The van der Waals surface area contributed by atoms with E-state index in [9.17, 15) is 4.39 Å². The highest BCUT2D eigenvalue weighted by Gasteiger charge is 2.10. The Morgan fingerprint density at radius 1 is 0.913 bits per heavy atom. The van der Waals surface area contributed by atoms with E-state index in [0.29, 0.717) is 11.3 Å². The van der Waals surface area contributed by atoms with Crippen LogP contribution >= 0.6 is 0 Å². The van der Waals surface area contributed by atoms with Crippen LogP contribution in [0.5, 0.6) is 0 Å². The van der Waals surface area contributed by atoms with Crippen molar-refractivity contribution in [2.24, 2.45) is 0 Å². The molecule has 0 spiro atoms. The Morgan fingerprint density at radius 3 is 2.43 bits per heavy atom. The van der Waals surface area contributed by atoms with E-state index >= 15 is 0 Å². The molecular weight excluding hydrogens is 289 g/mol. The van der Waals surface area contributed by atoms with Crippen LogP contribution in [-0.4, -0.2) is 9.97 Å². The number of aromatic amines is 1. The Bertz CT molecular complexity index is 954. The molecule has 0 saturated carbocycles. The normalized spacial score (nSPS) is 11.0. The summed E-state index contributed by atoms with van der Waals surface area (Å²) in [6.45, 7) is 0. The molecular formula is C19H14FN3. The monoisotopic (exact) mass is 303 g/mol. The van der Waals surface area contributed by atoms with Crippen molar-refractivity contribution in [1.29, 1.82) is 0 Å². The molecule has 0 bridgehead atoms. The van der Waals surface area contributed by atoms with Crippen LogP contribution in [0.15, 0.2) is 67.0 Å². The number of rotatable bonds is 2. The van der Waals surface area contributed by atoms with Gasteiger partial charge in [-0.25, -0.2) is 4.39 Å². The molecule has 4 rings (SSSR count). The van der Waals surface area contributed by atoms with Crippen molar-refractivity contribution < 1.29 is 4.39 Å². The van der Waals surface area contributed by atoms with Crippen LogP contribution in [0.25, 0.3) is 33.3 Å². The van der Waals surface area contributed by atoms with Gasteiger partial charge in [0.1, 0.15) is 5.82 Å². The molecule has 3 nitrogen and oxygen atoms in total. The van der Waals surface area contributed by atoms with Gasteiger partial charge in [-0.2, -0.15) is 0 Å². The first-order chi connectivity index (χ1) is 11.2. The van der Waals surface area contributed by atoms with E-state index in [1.807, 2.05) is 42.5 Å². The van der Waals surface area contributed by atoms with Gasteiger partial charge in [-0.15, -0.1) is 0 Å². The van der Waals surface area contributed by atoms with Gasteiger partial charge in [-0.3, -0.25) is 4.98 Å². The van der Waals surface area contributed by atoms with Crippen molar-refractivity contribution in [3.05, 3.63) is 72.8 Å². The van der Waals surface area contributed by atoms with E-state index in [-0.39, 0.29) is 5.82 Å². The number of H-pyrrole nitrogens is 1. The molecule has 0 aliphatic rings. The predicted octanol–water partition coefficient (Wildman–Crippen LogP) is 4.62. The minimum atomic E-state index is -0.265. The van der Waals surface area contributed by atoms with Gasteiger partial charge in [0.25, 0.3) is 0 Å². The van der Waals surface area contributed by atoms with Gasteiger partial charge < -0.3 is 10.7 Å². The van der Waals surface area contributed by atoms with E-state index in [4.69, 9.17) is 5.73 Å². The summed E-state index contributed by atoms with van der Waals surface area (Å²) in [5.41, 5.74) is 10.3. The summed E-state index contributed by atoms with van der Waals surface area (Å²) in [5, 5.41) is 1.01. The number of nitrogens with one attached hydrogen (secondary N) is 1. The third-order valence-corrected chi connectivity index (χ3v) is 3.93. The standard InChI is InChI=1S/C19H14FN3/c20-17-9-13(12-1-4-15(21)5-2-12)3-6-16(17)18-10-14-7-8-22-11-19(14)23-18/h1-11,23H,21H2. The van der Waals surface area contributed by atoms with E-state index in [2.05, 4.69) is 9.97 Å². The number of nitrogens with zero attached hydrogens (tertiary/aromatic N) is 1. The van der Waals surface area contributed by atoms with Gasteiger partial charge in [0.05, 0.1) is 11.7 Å². The quantitative estimate of drug-likeness (QED) is 0.531. The minimum absolute atomic E-state index is 0.265. The molecule has 4 heteroatoms. The molecule has 0 atom stereocenters. The predicted molar refractivity (Wildman–Crippen MR) is 91.3 cm³/mol. The summed E-state index contributed by atoms with van der Waals surface area (Å²) in [6, 6.07) is 16.5. The van der Waals surface area contributed by atoms with Gasteiger partial charge in [0, 0.05) is 28.5 Å². The van der Waals surface area contributed by atoms with Crippen molar-refractivity contribution in [1.82, 2.24) is 9.97 Å². The third-order valence-electron chi connectivity index (χ3n) is 3.93. The molecule has 3 N–H and O–H groups in total. The lowest BCUT2D eigenvalue weighted by atomic mass is 10.0. The van der Waals surface area contributed by atoms with Crippen LogP contribution in [0.1, 0.15) is 0 Å². The second-order valence-electron chi connectivity index (χ2n) is 5.46. The lowest BCUT2D eigenvalue weighted by Gasteiger charge is -2.06. The number of anilines is 1. The van der Waals surface area contributed by atoms with Gasteiger partial charge in [0.15, 0.2) is 0 Å². The fourth-order valence-electron chi connectivity index (χ4n) is 2.71. The van der Waals surface area contributed by atoms with Crippen molar-refractivity contribution in [3.8, 4) is 22.4 Å². The first-order valence-electron chi connectivity index (χ1n) is 7.29. The number of aromatic nitrogens is 2. The zero-order valence-electron chi connectivity index (χ0n) is 12.3. The van der Waals surface area contributed by atoms with Gasteiger partial charge >= 0.3 is 0 Å². The summed E-state index contributed by atoms with van der Waals surface area (Å²) >= 11 is 0. The van der Waals surface area contributed by atoms with E-state index < -0.39 is 0 Å². The molecule has 23 heavy (non-hydrogen) atoms. The van der Waals surface area contributed by atoms with E-state index in [1.165, 1.54) is 0 Å². The molecule has 0 radical (unpaired) electrons. The molecule has 0 unspecified atom stereocenters. The second-order valence-corrected chi connectivity index (χ2v) is 5.46. The fraction of sp³-hybridized carbons (Fsp3) is 0. The first-order valence-corrected chi connectivity index (χ1v) is 7.29. The molecule has 4 aromatic rings. The van der Waals surface area contributed by atoms with Crippen LogP contribution in [0.4, 0.5) is 10.1 Å². The van der Waals surface area contributed by atoms with Gasteiger partial charge in [0.2, 0.25) is 0 Å².